The van der Waals surface area contributed by atoms with Gasteiger partial charge in [0.15, 0.2) is 0 Å². The van der Waals surface area contributed by atoms with Gasteiger partial charge in [0.2, 0.25) is 0 Å². The Morgan fingerprint density at radius 3 is 1.08 bits per heavy atom. The number of rotatable bonds is 0. The molecule has 8 aromatic rings. The number of aliphatic imine (C=N–C) groups is 5. The highest BCUT2D eigenvalue weighted by Gasteiger charge is 2.14. The molecule has 30 bridgehead atoms. The molecule has 0 atom stereocenters. The Morgan fingerprint density at radius 1 is 0.289 bits per heavy atom. The van der Waals surface area contributed by atoms with Gasteiger partial charge in [0, 0.05) is 99.1 Å². The van der Waals surface area contributed by atoms with Crippen molar-refractivity contribution in [1.82, 2.24) is 59.1 Å². The summed E-state index contributed by atoms with van der Waals surface area (Å²) in [7, 11) is 0. The Hall–Kier alpha value is -12.7. The zero-order valence-electron chi connectivity index (χ0n) is 48.4. The fourth-order valence-electron chi connectivity index (χ4n) is 11.2. The molecule has 18 heterocycles. The van der Waals surface area contributed by atoms with E-state index in [1.165, 1.54) is 0 Å². The van der Waals surface area contributed by atoms with Gasteiger partial charge in [-0.2, -0.15) is 0 Å². The van der Waals surface area contributed by atoms with Crippen LogP contribution in [0.5, 0.6) is 0 Å². The van der Waals surface area contributed by atoms with Crippen molar-refractivity contribution >= 4 is 102 Å². The summed E-state index contributed by atoms with van der Waals surface area (Å²) in [5.41, 5.74) is 13.2. The number of hydrogen-bond acceptors (Lipinski definition) is 9. The van der Waals surface area contributed by atoms with E-state index in [4.69, 9.17) is 9.98 Å². The molecule has 10 aliphatic rings. The third-order valence-electron chi connectivity index (χ3n) is 15.3. The summed E-state index contributed by atoms with van der Waals surface area (Å²) in [4.78, 5) is 56.0. The molecule has 0 radical (unpaired) electrons. The first-order valence-electron chi connectivity index (χ1n) is 29.5. The predicted molar refractivity (Wildman–Crippen MR) is 359 cm³/mol. The molecule has 0 saturated carbocycles. The number of aromatic amines is 7. The lowest BCUT2D eigenvalue weighted by Crippen LogP contribution is -2.28. The van der Waals surface area contributed by atoms with Gasteiger partial charge in [0.1, 0.15) is 24.8 Å². The molecular formula is C72H57N18+. The van der Waals surface area contributed by atoms with Crippen LogP contribution in [0.1, 0.15) is 22.8 Å². The fraction of sp³-hybridized carbons (Fsp3) is 0.0278. The van der Waals surface area contributed by atoms with E-state index in [2.05, 4.69) is 228 Å². The van der Waals surface area contributed by atoms with Gasteiger partial charge in [-0.1, -0.05) is 0 Å². The predicted octanol–water partition coefficient (Wildman–Crippen LogP) is 3.41. The number of nitrogens with zero attached hydrogens (tertiary/aromatic N) is 11. The highest BCUT2D eigenvalue weighted by atomic mass is 15.3. The number of imidazole rings is 1. The van der Waals surface area contributed by atoms with Crippen LogP contribution in [0.3, 0.4) is 0 Å². The molecular weight excluding hydrogens is 1120 g/mol. The second-order valence-corrected chi connectivity index (χ2v) is 22.4. The minimum atomic E-state index is 0.737. The first-order chi connectivity index (χ1) is 44.2. The lowest BCUT2D eigenvalue weighted by atomic mass is 10.2. The van der Waals surface area contributed by atoms with Crippen LogP contribution in [0.25, 0.3) is 73.5 Å². The van der Waals surface area contributed by atoms with Crippen LogP contribution in [-0.2, 0) is 0 Å². The average molecular weight is 1170 g/mol. The molecule has 8 aromatic heterocycles. The van der Waals surface area contributed by atoms with Crippen LogP contribution in [-0.4, -0.2) is 101 Å². The summed E-state index contributed by atoms with van der Waals surface area (Å²) in [6.45, 7) is 1.50. The van der Waals surface area contributed by atoms with E-state index in [1.54, 1.807) is 0 Å². The molecule has 0 spiro atoms. The second kappa shape index (κ2) is 22.9. The van der Waals surface area contributed by atoms with Gasteiger partial charge >= 0.3 is 0 Å². The molecule has 10 aliphatic heterocycles. The average Bonchev–Trinajstić information content (AvgIpc) is 3.51. The Morgan fingerprint density at radius 2 is 0.622 bits per heavy atom. The van der Waals surface area contributed by atoms with Crippen LogP contribution in [0.15, 0.2) is 261 Å². The molecule has 90 heavy (non-hydrogen) atoms. The van der Waals surface area contributed by atoms with Crippen LogP contribution in [0, 0.1) is 0 Å². The van der Waals surface area contributed by atoms with Crippen molar-refractivity contribution in [2.75, 3.05) is 13.3 Å². The van der Waals surface area contributed by atoms with Gasteiger partial charge in [-0.25, -0.2) is 34.1 Å². The monoisotopic (exact) mass is 1170 g/mol. The lowest BCUT2D eigenvalue weighted by molar-refractivity contribution is -0.568. The van der Waals surface area contributed by atoms with E-state index in [1.807, 2.05) is 132 Å². The van der Waals surface area contributed by atoms with E-state index >= 15 is 0 Å². The maximum atomic E-state index is 4.71. The van der Waals surface area contributed by atoms with E-state index in [-0.39, 0.29) is 0 Å². The zero-order valence-corrected chi connectivity index (χ0v) is 48.4. The fourth-order valence-corrected chi connectivity index (χ4v) is 11.2. The van der Waals surface area contributed by atoms with E-state index < -0.39 is 0 Å². The molecule has 0 amide bonds. The topological polar surface area (TPSA) is 194 Å². The van der Waals surface area contributed by atoms with E-state index in [0.717, 1.165) is 147 Å². The van der Waals surface area contributed by atoms with Gasteiger partial charge in [0.25, 0.3) is 6.33 Å². The van der Waals surface area contributed by atoms with Crippen LogP contribution < -0.4 is 58.1 Å². The highest BCUT2D eigenvalue weighted by Crippen LogP contribution is 2.20. The Bertz CT molecular complexity index is 5530. The molecule has 0 aliphatic carbocycles. The molecule has 18 rings (SSSR count). The number of H-pyrrole nitrogens is 7. The number of nitrogens with one attached hydrogen (secondary N) is 7. The standard InChI is InChI=1S/C24H20N6.C24H19N6.C24H18N6/c3*1-3-19-12-21-5-7-23(27-21)14-29-9-10-30(16-29)15-24-8-6-22(28-24)13-20-4-2-18(26-20)11-17(1)25-19/h1-15,25,27-28H,16H2;1-16,25,27-28H;1-15,27H,16H2/q;+1;. The SMILES string of the molecule is C1=CC2=NC1=CC1=NC(=CN3C=CN(C=c4ccc([nH]4)=CC4=NC(=C2)C=C4)C3)C=C1.C1=CC2=NC1=Cc1ccc([nH]1)C=c1ccc([nH]1)=CN1C=CN(C=c3ccc([nH]3)=C2)C1.C1=CC2=NC1=Cc1ccc([nH]1)C=c1ccc([nH]1)=C[n+]1ccn(c1)C=c1ccc([nH]1)=C2. The Kier molecular flexibility index (Phi) is 13.5. The Labute approximate surface area is 513 Å². The molecule has 7 N–H and O–H groups in total. The third-order valence-corrected chi connectivity index (χ3v) is 15.3. The van der Waals surface area contributed by atoms with Gasteiger partial charge in [-0.15, -0.1) is 0 Å². The summed E-state index contributed by atoms with van der Waals surface area (Å²) in [6.07, 6.45) is 65.4. The zero-order chi connectivity index (χ0) is 59.7. The lowest BCUT2D eigenvalue weighted by Gasteiger charge is -2.14. The summed E-state index contributed by atoms with van der Waals surface area (Å²) < 4.78 is 4.05. The second-order valence-electron chi connectivity index (χ2n) is 22.4. The molecule has 0 saturated heterocycles. The smallest absolute Gasteiger partial charge is 0.253 e. The quantitative estimate of drug-likeness (QED) is 0.115. The highest BCUT2D eigenvalue weighted by molar-refractivity contribution is 6.21. The van der Waals surface area contributed by atoms with Crippen LogP contribution in [0.2, 0.25) is 0 Å². The van der Waals surface area contributed by atoms with Crippen molar-refractivity contribution in [3.8, 4) is 0 Å². The third kappa shape index (κ3) is 12.5. The summed E-state index contributed by atoms with van der Waals surface area (Å²) in [5.74, 6) is 0. The Balaban J connectivity index is 0.000000108. The minimum Gasteiger partial charge on any atom is -0.355 e. The number of allylic oxidation sites excluding steroid dienone is 12. The van der Waals surface area contributed by atoms with E-state index in [0.29, 0.717) is 0 Å². The van der Waals surface area contributed by atoms with E-state index in [9.17, 15) is 0 Å². The van der Waals surface area contributed by atoms with Gasteiger partial charge < -0.3 is 54.5 Å². The van der Waals surface area contributed by atoms with Crippen LogP contribution in [0.4, 0.5) is 0 Å². The maximum Gasteiger partial charge on any atom is 0.253 e. The molecule has 18 nitrogen and oxygen atoms in total. The summed E-state index contributed by atoms with van der Waals surface area (Å²) in [6, 6.07) is 29.0. The summed E-state index contributed by atoms with van der Waals surface area (Å²) >= 11 is 0. The van der Waals surface area contributed by atoms with Gasteiger partial charge in [0.05, 0.1) is 97.1 Å². The number of fused-ring (bicyclic) bond motifs is 25. The van der Waals surface area contributed by atoms with Crippen molar-refractivity contribution in [3.63, 3.8) is 0 Å². The largest absolute Gasteiger partial charge is 0.355 e. The minimum absolute atomic E-state index is 0.737. The summed E-state index contributed by atoms with van der Waals surface area (Å²) in [5, 5.41) is 10.4. The number of hydrogen-bond donors (Lipinski definition) is 7. The molecule has 18 heteroatoms. The molecule has 0 fully saturated rings. The van der Waals surface area contributed by atoms with Gasteiger partial charge in [-0.3, -0.25) is 0 Å². The molecule has 0 aromatic carbocycles. The van der Waals surface area contributed by atoms with Gasteiger partial charge in [-0.05, 0) is 200 Å². The number of aromatic nitrogens is 9. The van der Waals surface area contributed by atoms with Crippen molar-refractivity contribution in [2.45, 2.75) is 0 Å². The first-order valence-corrected chi connectivity index (χ1v) is 29.5. The van der Waals surface area contributed by atoms with Crippen molar-refractivity contribution in [2.24, 2.45) is 25.0 Å². The normalized spacial score (nSPS) is 17.5. The molecule has 434 valence electrons. The van der Waals surface area contributed by atoms with Crippen molar-refractivity contribution in [3.05, 3.63) is 312 Å². The molecule has 0 unspecified atom stereocenters. The van der Waals surface area contributed by atoms with Crippen LogP contribution >= 0.6 is 0 Å². The first kappa shape index (κ1) is 52.8. The maximum absolute atomic E-state index is 4.71. The van der Waals surface area contributed by atoms with Crippen molar-refractivity contribution in [1.29, 1.82) is 0 Å². The van der Waals surface area contributed by atoms with Crippen molar-refractivity contribution < 1.29 is 4.57 Å².